The van der Waals surface area contributed by atoms with Gasteiger partial charge in [0, 0.05) is 25.3 Å². The van der Waals surface area contributed by atoms with Gasteiger partial charge in [-0.3, -0.25) is 4.79 Å². The van der Waals surface area contributed by atoms with Crippen molar-refractivity contribution < 1.29 is 18.0 Å². The molecule has 1 aliphatic rings. The third-order valence-electron chi connectivity index (χ3n) is 3.08. The molecule has 0 aromatic carbocycles. The highest BCUT2D eigenvalue weighted by Crippen LogP contribution is 2.25. The summed E-state index contributed by atoms with van der Waals surface area (Å²) in [5.41, 5.74) is 0. The van der Waals surface area contributed by atoms with Crippen LogP contribution in [0.4, 0.5) is 19.0 Å². The van der Waals surface area contributed by atoms with Gasteiger partial charge in [0.1, 0.15) is 5.82 Å². The van der Waals surface area contributed by atoms with Crippen LogP contribution in [0, 0.1) is 0 Å². The van der Waals surface area contributed by atoms with Crippen LogP contribution in [0.1, 0.15) is 12.8 Å². The Bertz CT molecular complexity index is 535. The van der Waals surface area contributed by atoms with Gasteiger partial charge in [-0.2, -0.15) is 18.2 Å². The van der Waals surface area contributed by atoms with Crippen molar-refractivity contribution in [2.75, 3.05) is 18.4 Å². The summed E-state index contributed by atoms with van der Waals surface area (Å²) in [5.74, 6) is -1.30. The minimum absolute atomic E-state index is 0.0481. The fourth-order valence-electron chi connectivity index (χ4n) is 2.05. The number of halogens is 5. The Kier molecular flexibility index (Phi) is 4.92. The highest BCUT2D eigenvalue weighted by Gasteiger charge is 2.43. The van der Waals surface area contributed by atoms with E-state index in [2.05, 4.69) is 31.2 Å². The van der Waals surface area contributed by atoms with Gasteiger partial charge >= 0.3 is 12.1 Å². The Morgan fingerprint density at radius 2 is 2.05 bits per heavy atom. The number of piperidine rings is 1. The van der Waals surface area contributed by atoms with E-state index < -0.39 is 12.1 Å². The molecule has 21 heavy (non-hydrogen) atoms. The monoisotopic (exact) mass is 386 g/mol. The summed E-state index contributed by atoms with van der Waals surface area (Å²) in [6, 6.07) is -0.0791. The number of hydrogen-bond donors (Lipinski definition) is 1. The molecule has 0 spiro atoms. The second-order valence-corrected chi connectivity index (χ2v) is 5.74. The lowest BCUT2D eigenvalue weighted by Gasteiger charge is -2.33. The Morgan fingerprint density at radius 1 is 1.43 bits per heavy atom. The zero-order chi connectivity index (χ0) is 15.6. The summed E-state index contributed by atoms with van der Waals surface area (Å²) in [7, 11) is 0. The third kappa shape index (κ3) is 4.19. The molecule has 1 aromatic heterocycles. The molecule has 1 amide bonds. The maximum absolute atomic E-state index is 12.3. The standard InChI is InChI=1S/C11H11BrClF3N4O/c12-7-5-17-10(13)19-8(7)18-6-1-3-20(4-2-6)9(21)11(14,15)16/h5-6H,1-4H2,(H,17,18,19). The molecule has 1 aromatic rings. The number of anilines is 1. The number of carbonyl (C=O) groups is 1. The van der Waals surface area contributed by atoms with Gasteiger partial charge in [0.25, 0.3) is 0 Å². The number of rotatable bonds is 2. The van der Waals surface area contributed by atoms with Crippen LogP contribution in [0.25, 0.3) is 0 Å². The van der Waals surface area contributed by atoms with Crippen molar-refractivity contribution in [1.29, 1.82) is 0 Å². The summed E-state index contributed by atoms with van der Waals surface area (Å²) in [6.07, 6.45) is -2.53. The second-order valence-electron chi connectivity index (χ2n) is 4.54. The van der Waals surface area contributed by atoms with E-state index in [1.54, 1.807) is 0 Å². The number of likely N-dealkylation sites (tertiary alicyclic amines) is 1. The fourth-order valence-corrected chi connectivity index (χ4v) is 2.49. The highest BCUT2D eigenvalue weighted by molar-refractivity contribution is 9.10. The van der Waals surface area contributed by atoms with Gasteiger partial charge < -0.3 is 10.2 Å². The van der Waals surface area contributed by atoms with Crippen molar-refractivity contribution in [3.8, 4) is 0 Å². The summed E-state index contributed by atoms with van der Waals surface area (Å²) in [6.45, 7) is 0.0961. The SMILES string of the molecule is O=C(N1CCC(Nc2nc(Cl)ncc2Br)CC1)C(F)(F)F. The first-order valence-corrected chi connectivity index (χ1v) is 7.25. The molecule has 0 bridgehead atoms. The fraction of sp³-hybridized carbons (Fsp3) is 0.545. The van der Waals surface area contributed by atoms with Crippen molar-refractivity contribution in [3.63, 3.8) is 0 Å². The first-order chi connectivity index (χ1) is 9.77. The predicted molar refractivity (Wildman–Crippen MR) is 74.0 cm³/mol. The van der Waals surface area contributed by atoms with Gasteiger partial charge in [-0.1, -0.05) is 0 Å². The maximum Gasteiger partial charge on any atom is 0.471 e. The molecule has 2 rings (SSSR count). The molecule has 0 saturated carbocycles. The minimum Gasteiger partial charge on any atom is -0.366 e. The molecule has 1 saturated heterocycles. The van der Waals surface area contributed by atoms with Crippen LogP contribution in [0.15, 0.2) is 10.7 Å². The Hall–Kier alpha value is -1.09. The van der Waals surface area contributed by atoms with Crippen molar-refractivity contribution >= 4 is 39.3 Å². The normalized spacial score (nSPS) is 16.9. The van der Waals surface area contributed by atoms with Crippen molar-refractivity contribution in [1.82, 2.24) is 14.9 Å². The van der Waals surface area contributed by atoms with Crippen LogP contribution in [-0.4, -0.2) is 46.1 Å². The molecule has 0 unspecified atom stereocenters. The van der Waals surface area contributed by atoms with E-state index in [0.29, 0.717) is 23.1 Å². The van der Waals surface area contributed by atoms with Crippen molar-refractivity contribution in [2.24, 2.45) is 0 Å². The predicted octanol–water partition coefficient (Wildman–Crippen LogP) is 2.86. The lowest BCUT2D eigenvalue weighted by atomic mass is 10.0. The lowest BCUT2D eigenvalue weighted by Crippen LogP contribution is -2.47. The van der Waals surface area contributed by atoms with Gasteiger partial charge in [-0.25, -0.2) is 4.98 Å². The average Bonchev–Trinajstić information content (AvgIpc) is 2.42. The maximum atomic E-state index is 12.3. The summed E-state index contributed by atoms with van der Waals surface area (Å²) < 4.78 is 37.6. The second kappa shape index (κ2) is 6.35. The van der Waals surface area contributed by atoms with Crippen molar-refractivity contribution in [2.45, 2.75) is 25.1 Å². The molecule has 1 aliphatic heterocycles. The number of nitrogens with one attached hydrogen (secondary N) is 1. The summed E-state index contributed by atoms with van der Waals surface area (Å²) in [5, 5.41) is 3.16. The van der Waals surface area contributed by atoms with Crippen LogP contribution in [0.3, 0.4) is 0 Å². The van der Waals surface area contributed by atoms with Gasteiger partial charge in [0.2, 0.25) is 5.28 Å². The van der Waals surface area contributed by atoms with E-state index in [1.807, 2.05) is 0 Å². The molecular formula is C11H11BrClF3N4O. The van der Waals surface area contributed by atoms with Crippen LogP contribution in [0.5, 0.6) is 0 Å². The van der Waals surface area contributed by atoms with Crippen LogP contribution in [-0.2, 0) is 4.79 Å². The molecule has 0 atom stereocenters. The molecule has 116 valence electrons. The first kappa shape index (κ1) is 16.3. The Morgan fingerprint density at radius 3 is 2.62 bits per heavy atom. The zero-order valence-corrected chi connectivity index (χ0v) is 13.0. The number of amides is 1. The Labute approximate surface area is 132 Å². The zero-order valence-electron chi connectivity index (χ0n) is 10.6. The average molecular weight is 388 g/mol. The van der Waals surface area contributed by atoms with E-state index in [-0.39, 0.29) is 24.4 Å². The number of carbonyl (C=O) groups excluding carboxylic acids is 1. The molecule has 2 heterocycles. The minimum atomic E-state index is -4.82. The first-order valence-electron chi connectivity index (χ1n) is 6.08. The highest BCUT2D eigenvalue weighted by atomic mass is 79.9. The molecule has 1 fully saturated rings. The number of hydrogen-bond acceptors (Lipinski definition) is 4. The van der Waals surface area contributed by atoms with E-state index in [0.717, 1.165) is 4.90 Å². The smallest absolute Gasteiger partial charge is 0.366 e. The van der Waals surface area contributed by atoms with Crippen LogP contribution >= 0.6 is 27.5 Å². The summed E-state index contributed by atoms with van der Waals surface area (Å²) >= 11 is 8.95. The van der Waals surface area contributed by atoms with Crippen LogP contribution in [0.2, 0.25) is 5.28 Å². The van der Waals surface area contributed by atoms with E-state index in [9.17, 15) is 18.0 Å². The lowest BCUT2D eigenvalue weighted by molar-refractivity contribution is -0.186. The summed E-state index contributed by atoms with van der Waals surface area (Å²) in [4.78, 5) is 19.7. The number of aromatic nitrogens is 2. The molecule has 0 radical (unpaired) electrons. The number of nitrogens with zero attached hydrogens (tertiary/aromatic N) is 3. The third-order valence-corrected chi connectivity index (χ3v) is 3.84. The van der Waals surface area contributed by atoms with E-state index in [4.69, 9.17) is 11.6 Å². The molecule has 10 heteroatoms. The van der Waals surface area contributed by atoms with Gasteiger partial charge in [0.05, 0.1) is 4.47 Å². The van der Waals surface area contributed by atoms with Crippen LogP contribution < -0.4 is 5.32 Å². The van der Waals surface area contributed by atoms with E-state index in [1.165, 1.54) is 6.20 Å². The quantitative estimate of drug-likeness (QED) is 0.793. The van der Waals surface area contributed by atoms with Gasteiger partial charge in [-0.15, -0.1) is 0 Å². The van der Waals surface area contributed by atoms with Crippen molar-refractivity contribution in [3.05, 3.63) is 16.0 Å². The van der Waals surface area contributed by atoms with E-state index >= 15 is 0 Å². The molecule has 5 nitrogen and oxygen atoms in total. The molecular weight excluding hydrogens is 376 g/mol. The van der Waals surface area contributed by atoms with Gasteiger partial charge in [0.15, 0.2) is 0 Å². The topological polar surface area (TPSA) is 58.1 Å². The van der Waals surface area contributed by atoms with Gasteiger partial charge in [-0.05, 0) is 40.4 Å². The largest absolute Gasteiger partial charge is 0.471 e. The Balaban J connectivity index is 1.93. The molecule has 1 N–H and O–H groups in total. The number of alkyl halides is 3. The molecule has 0 aliphatic carbocycles.